The fourth-order valence-corrected chi connectivity index (χ4v) is 2.43. The van der Waals surface area contributed by atoms with Gasteiger partial charge in [-0.1, -0.05) is 58.3 Å². The van der Waals surface area contributed by atoms with Crippen molar-refractivity contribution in [3.05, 3.63) is 0 Å². The first-order valence-corrected chi connectivity index (χ1v) is 8.01. The normalized spacial score (nSPS) is 12.8. The molecule has 0 radical (unpaired) electrons. The zero-order valence-corrected chi connectivity index (χ0v) is 13.0. The Morgan fingerprint density at radius 1 is 0.833 bits per heavy atom. The molecule has 2 nitrogen and oxygen atoms in total. The summed E-state index contributed by atoms with van der Waals surface area (Å²) in [5.41, 5.74) is 0. The van der Waals surface area contributed by atoms with Crippen molar-refractivity contribution in [3.63, 3.8) is 0 Å². The van der Waals surface area contributed by atoms with Gasteiger partial charge in [0.05, 0.1) is 0 Å². The van der Waals surface area contributed by atoms with Crippen LogP contribution in [0.1, 0.15) is 77.6 Å². The highest BCUT2D eigenvalue weighted by Gasteiger charge is 2.04. The molecule has 0 bridgehead atoms. The summed E-state index contributed by atoms with van der Waals surface area (Å²) in [6, 6.07) is 0.695. The molecule has 0 saturated carbocycles. The number of ether oxygens (including phenoxy) is 1. The molecular formula is C16H35NO. The summed E-state index contributed by atoms with van der Waals surface area (Å²) in [7, 11) is 3.87. The van der Waals surface area contributed by atoms with Gasteiger partial charge in [-0.2, -0.15) is 0 Å². The summed E-state index contributed by atoms with van der Waals surface area (Å²) in [4.78, 5) is 0. The SMILES string of the molecule is CCCCCCCCCCC(CCCOC)NC. The molecule has 0 heterocycles. The second kappa shape index (κ2) is 15.0. The Kier molecular flexibility index (Phi) is 14.9. The van der Waals surface area contributed by atoms with E-state index in [9.17, 15) is 0 Å². The Labute approximate surface area is 115 Å². The Hall–Kier alpha value is -0.0800. The van der Waals surface area contributed by atoms with Crippen LogP contribution in [0.4, 0.5) is 0 Å². The van der Waals surface area contributed by atoms with Gasteiger partial charge in [0.25, 0.3) is 0 Å². The van der Waals surface area contributed by atoms with Gasteiger partial charge < -0.3 is 10.1 Å². The summed E-state index contributed by atoms with van der Waals surface area (Å²) < 4.78 is 5.10. The van der Waals surface area contributed by atoms with E-state index in [-0.39, 0.29) is 0 Å². The van der Waals surface area contributed by atoms with Gasteiger partial charge in [0.2, 0.25) is 0 Å². The highest BCUT2D eigenvalue weighted by Crippen LogP contribution is 2.12. The number of hydrogen-bond acceptors (Lipinski definition) is 2. The van der Waals surface area contributed by atoms with Crippen molar-refractivity contribution >= 4 is 0 Å². The Morgan fingerprint density at radius 3 is 1.94 bits per heavy atom. The fraction of sp³-hybridized carbons (Fsp3) is 1.00. The van der Waals surface area contributed by atoms with Crippen LogP contribution in [0.5, 0.6) is 0 Å². The fourth-order valence-electron chi connectivity index (χ4n) is 2.43. The lowest BCUT2D eigenvalue weighted by Crippen LogP contribution is -2.25. The van der Waals surface area contributed by atoms with E-state index in [1.165, 1.54) is 70.6 Å². The van der Waals surface area contributed by atoms with Crippen LogP contribution in [0.3, 0.4) is 0 Å². The summed E-state index contributed by atoms with van der Waals surface area (Å²) in [5, 5.41) is 3.42. The van der Waals surface area contributed by atoms with Crippen molar-refractivity contribution in [2.45, 2.75) is 83.6 Å². The molecule has 0 aromatic rings. The zero-order chi connectivity index (χ0) is 13.5. The third kappa shape index (κ3) is 12.4. The van der Waals surface area contributed by atoms with Gasteiger partial charge in [0, 0.05) is 19.8 Å². The van der Waals surface area contributed by atoms with E-state index in [1.807, 2.05) is 0 Å². The van der Waals surface area contributed by atoms with Crippen molar-refractivity contribution in [2.24, 2.45) is 0 Å². The van der Waals surface area contributed by atoms with E-state index < -0.39 is 0 Å². The number of methoxy groups -OCH3 is 1. The first kappa shape index (κ1) is 17.9. The van der Waals surface area contributed by atoms with Gasteiger partial charge >= 0.3 is 0 Å². The number of unbranched alkanes of at least 4 members (excludes halogenated alkanes) is 7. The first-order chi connectivity index (χ1) is 8.85. The molecule has 0 aromatic heterocycles. The summed E-state index contributed by atoms with van der Waals surface area (Å²) in [5.74, 6) is 0. The standard InChI is InChI=1S/C16H35NO/c1-4-5-6-7-8-9-10-11-13-16(17-2)14-12-15-18-3/h16-17H,4-15H2,1-3H3. The molecule has 1 atom stereocenters. The highest BCUT2D eigenvalue weighted by atomic mass is 16.5. The monoisotopic (exact) mass is 257 g/mol. The second-order valence-corrected chi connectivity index (χ2v) is 5.38. The molecule has 0 fully saturated rings. The van der Waals surface area contributed by atoms with Crippen molar-refractivity contribution in [3.8, 4) is 0 Å². The predicted molar refractivity (Wildman–Crippen MR) is 81.2 cm³/mol. The van der Waals surface area contributed by atoms with Gasteiger partial charge in [-0.05, 0) is 26.3 Å². The Balaban J connectivity index is 3.23. The van der Waals surface area contributed by atoms with Crippen molar-refractivity contribution in [1.82, 2.24) is 5.32 Å². The van der Waals surface area contributed by atoms with Gasteiger partial charge in [-0.15, -0.1) is 0 Å². The predicted octanol–water partition coefficient (Wildman–Crippen LogP) is 4.53. The van der Waals surface area contributed by atoms with E-state index in [1.54, 1.807) is 7.11 Å². The molecule has 0 rings (SSSR count). The molecule has 0 aliphatic carbocycles. The average Bonchev–Trinajstić information content (AvgIpc) is 2.40. The highest BCUT2D eigenvalue weighted by molar-refractivity contribution is 4.64. The maximum Gasteiger partial charge on any atom is 0.0462 e. The lowest BCUT2D eigenvalue weighted by atomic mass is 10.0. The molecule has 1 N–H and O–H groups in total. The molecule has 0 saturated heterocycles. The lowest BCUT2D eigenvalue weighted by Gasteiger charge is -2.15. The average molecular weight is 257 g/mol. The van der Waals surface area contributed by atoms with E-state index in [4.69, 9.17) is 4.74 Å². The molecule has 0 aliphatic heterocycles. The minimum atomic E-state index is 0.695. The second-order valence-electron chi connectivity index (χ2n) is 5.38. The number of hydrogen-bond donors (Lipinski definition) is 1. The molecule has 110 valence electrons. The molecule has 0 amide bonds. The summed E-state index contributed by atoms with van der Waals surface area (Å²) in [6.07, 6.45) is 15.1. The van der Waals surface area contributed by atoms with E-state index >= 15 is 0 Å². The lowest BCUT2D eigenvalue weighted by molar-refractivity contribution is 0.188. The van der Waals surface area contributed by atoms with Crippen LogP contribution < -0.4 is 5.32 Å². The van der Waals surface area contributed by atoms with Crippen LogP contribution in [0.25, 0.3) is 0 Å². The van der Waals surface area contributed by atoms with Crippen molar-refractivity contribution < 1.29 is 4.74 Å². The maximum atomic E-state index is 5.10. The molecule has 18 heavy (non-hydrogen) atoms. The third-order valence-corrected chi connectivity index (χ3v) is 3.72. The summed E-state index contributed by atoms with van der Waals surface area (Å²) in [6.45, 7) is 3.18. The number of rotatable bonds is 14. The van der Waals surface area contributed by atoms with Gasteiger partial charge in [0.15, 0.2) is 0 Å². The van der Waals surface area contributed by atoms with Crippen LogP contribution in [0.2, 0.25) is 0 Å². The first-order valence-electron chi connectivity index (χ1n) is 8.01. The molecular weight excluding hydrogens is 222 g/mol. The van der Waals surface area contributed by atoms with Crippen LogP contribution in [-0.4, -0.2) is 26.8 Å². The van der Waals surface area contributed by atoms with Crippen LogP contribution in [0, 0.1) is 0 Å². The minimum Gasteiger partial charge on any atom is -0.385 e. The molecule has 0 aliphatic rings. The topological polar surface area (TPSA) is 21.3 Å². The largest absolute Gasteiger partial charge is 0.385 e. The van der Waals surface area contributed by atoms with Gasteiger partial charge in [-0.25, -0.2) is 0 Å². The van der Waals surface area contributed by atoms with Crippen LogP contribution >= 0.6 is 0 Å². The van der Waals surface area contributed by atoms with E-state index in [0.29, 0.717) is 6.04 Å². The summed E-state index contributed by atoms with van der Waals surface area (Å²) >= 11 is 0. The van der Waals surface area contributed by atoms with Crippen molar-refractivity contribution in [1.29, 1.82) is 0 Å². The Bertz CT molecular complexity index is 150. The minimum absolute atomic E-state index is 0.695. The quantitative estimate of drug-likeness (QED) is 0.462. The van der Waals surface area contributed by atoms with Gasteiger partial charge in [-0.3, -0.25) is 0 Å². The third-order valence-electron chi connectivity index (χ3n) is 3.72. The van der Waals surface area contributed by atoms with Crippen molar-refractivity contribution in [2.75, 3.05) is 20.8 Å². The Morgan fingerprint density at radius 2 is 1.39 bits per heavy atom. The molecule has 0 spiro atoms. The van der Waals surface area contributed by atoms with Gasteiger partial charge in [0.1, 0.15) is 0 Å². The number of nitrogens with one attached hydrogen (secondary N) is 1. The van der Waals surface area contributed by atoms with Crippen LogP contribution in [0.15, 0.2) is 0 Å². The maximum absolute atomic E-state index is 5.10. The van der Waals surface area contributed by atoms with E-state index in [0.717, 1.165) is 6.61 Å². The molecule has 1 unspecified atom stereocenters. The smallest absolute Gasteiger partial charge is 0.0462 e. The zero-order valence-electron chi connectivity index (χ0n) is 13.0. The van der Waals surface area contributed by atoms with Crippen LogP contribution in [-0.2, 0) is 4.74 Å². The molecule has 0 aromatic carbocycles. The van der Waals surface area contributed by atoms with E-state index in [2.05, 4.69) is 19.3 Å². The molecule has 2 heteroatoms.